The first-order valence-electron chi connectivity index (χ1n) is 4.13. The molecule has 4 nitrogen and oxygen atoms in total. The van der Waals surface area contributed by atoms with Gasteiger partial charge < -0.3 is 0 Å². The molecule has 0 radical (unpaired) electrons. The van der Waals surface area contributed by atoms with Crippen molar-refractivity contribution in [2.75, 3.05) is 6.26 Å². The minimum Gasteiger partial charge on any atom is -0.287 e. The van der Waals surface area contributed by atoms with Crippen LogP contribution in [0.4, 0.5) is 0 Å². The lowest BCUT2D eigenvalue weighted by molar-refractivity contribution is -0.119. The normalized spacial score (nSPS) is 11.2. The van der Waals surface area contributed by atoms with Crippen molar-refractivity contribution in [2.45, 2.75) is 32.6 Å². The van der Waals surface area contributed by atoms with Crippen LogP contribution in [0.3, 0.4) is 0 Å². The van der Waals surface area contributed by atoms with Gasteiger partial charge in [0.15, 0.2) is 0 Å². The first-order chi connectivity index (χ1) is 5.95. The Morgan fingerprint density at radius 1 is 1.38 bits per heavy atom. The Morgan fingerprint density at radius 3 is 2.46 bits per heavy atom. The van der Waals surface area contributed by atoms with Gasteiger partial charge in [-0.1, -0.05) is 19.8 Å². The maximum atomic E-state index is 11.0. The van der Waals surface area contributed by atoms with Crippen molar-refractivity contribution in [2.24, 2.45) is 0 Å². The number of hydrogen-bond donors (Lipinski definition) is 1. The van der Waals surface area contributed by atoms with Crippen LogP contribution in [-0.2, 0) is 13.7 Å². The molecule has 1 N–H and O–H groups in total. The molecule has 13 heavy (non-hydrogen) atoms. The summed E-state index contributed by atoms with van der Waals surface area (Å²) in [5.74, 6) is -0.219. The van der Waals surface area contributed by atoms with E-state index in [1.165, 1.54) is 0 Å². The first-order valence-corrected chi connectivity index (χ1v) is 7.35. The zero-order chi connectivity index (χ0) is 10.3. The molecular weight excluding hydrogens is 213 g/mol. The Kier molecular flexibility index (Phi) is 6.15. The molecule has 0 unspecified atom stereocenters. The molecule has 0 aromatic carbocycles. The Morgan fingerprint density at radius 2 is 2.00 bits per heavy atom. The van der Waals surface area contributed by atoms with Crippen molar-refractivity contribution in [1.29, 1.82) is 0 Å². The molecule has 0 aromatic rings. The molecular formula is C7H15NO3S2. The van der Waals surface area contributed by atoms with Crippen LogP contribution < -0.4 is 4.72 Å². The van der Waals surface area contributed by atoms with Crippen molar-refractivity contribution in [1.82, 2.24) is 4.72 Å². The van der Waals surface area contributed by atoms with E-state index in [-0.39, 0.29) is 5.91 Å². The van der Waals surface area contributed by atoms with Crippen LogP contribution in [-0.4, -0.2) is 20.6 Å². The fraction of sp³-hybridized carbons (Fsp3) is 0.857. The van der Waals surface area contributed by atoms with E-state index in [0.717, 1.165) is 25.5 Å². The predicted octanol–water partition coefficient (Wildman–Crippen LogP) is 1.29. The lowest BCUT2D eigenvalue weighted by Gasteiger charge is -2.00. The summed E-state index contributed by atoms with van der Waals surface area (Å²) in [6.07, 6.45) is 4.32. The zero-order valence-corrected chi connectivity index (χ0v) is 9.50. The third-order valence-electron chi connectivity index (χ3n) is 1.31. The maximum Gasteiger partial charge on any atom is 0.230 e. The number of hydrogen-bond acceptors (Lipinski definition) is 4. The van der Waals surface area contributed by atoms with Crippen LogP contribution in [0.2, 0.25) is 0 Å². The Labute approximate surface area is 82.9 Å². The van der Waals surface area contributed by atoms with E-state index >= 15 is 0 Å². The molecule has 0 bridgehead atoms. The first kappa shape index (κ1) is 12.8. The number of unbranched alkanes of at least 4 members (excludes halogenated alkanes) is 2. The van der Waals surface area contributed by atoms with E-state index in [1.54, 1.807) is 0 Å². The average molecular weight is 228 g/mol. The van der Waals surface area contributed by atoms with Crippen LogP contribution in [0, 0.1) is 0 Å². The third kappa shape index (κ3) is 9.69. The van der Waals surface area contributed by atoms with Crippen molar-refractivity contribution in [3.63, 3.8) is 0 Å². The molecule has 78 valence electrons. The summed E-state index contributed by atoms with van der Waals surface area (Å²) in [6, 6.07) is 0. The minimum atomic E-state index is -3.17. The summed E-state index contributed by atoms with van der Waals surface area (Å²) in [6.45, 7) is 2.04. The molecule has 6 heteroatoms. The van der Waals surface area contributed by atoms with Crippen LogP contribution in [0.25, 0.3) is 0 Å². The predicted molar refractivity (Wildman–Crippen MR) is 54.7 cm³/mol. The monoisotopic (exact) mass is 228 g/mol. The Hall–Kier alpha value is -0.230. The van der Waals surface area contributed by atoms with Crippen LogP contribution in [0.5, 0.6) is 0 Å². The van der Waals surface area contributed by atoms with Gasteiger partial charge in [-0.05, 0) is 6.42 Å². The van der Waals surface area contributed by atoms with E-state index in [2.05, 4.69) is 4.72 Å². The average Bonchev–Trinajstić information content (AvgIpc) is 2.00. The fourth-order valence-electron chi connectivity index (χ4n) is 0.709. The highest BCUT2D eigenvalue weighted by molar-refractivity contribution is 8.71. The zero-order valence-electron chi connectivity index (χ0n) is 7.87. The van der Waals surface area contributed by atoms with Gasteiger partial charge in [0.25, 0.3) is 0 Å². The maximum absolute atomic E-state index is 11.0. The summed E-state index contributed by atoms with van der Waals surface area (Å²) in [4.78, 5) is 11.0. The van der Waals surface area contributed by atoms with Crippen LogP contribution in [0.1, 0.15) is 32.6 Å². The van der Waals surface area contributed by atoms with Gasteiger partial charge in [0, 0.05) is 6.42 Å². The van der Waals surface area contributed by atoms with Gasteiger partial charge in [-0.15, -0.1) is 0 Å². The van der Waals surface area contributed by atoms with Gasteiger partial charge in [-0.2, -0.15) is 0 Å². The van der Waals surface area contributed by atoms with Crippen molar-refractivity contribution >= 4 is 25.8 Å². The molecule has 0 aliphatic heterocycles. The lowest BCUT2D eigenvalue weighted by Crippen LogP contribution is -2.17. The number of rotatable bonds is 6. The molecule has 0 heterocycles. The lowest BCUT2D eigenvalue weighted by atomic mass is 10.2. The molecule has 0 atom stereocenters. The second-order valence-electron chi connectivity index (χ2n) is 2.77. The van der Waals surface area contributed by atoms with Gasteiger partial charge in [0.1, 0.15) is 0 Å². The standard InChI is InChI=1S/C7H15NO3S2/c1-3-4-5-6-7(9)8-12-13(2,10)11/h3-6H2,1-2H3,(H,8,9)/i12+3. The molecule has 0 fully saturated rings. The number of amides is 1. The van der Waals surface area contributed by atoms with E-state index in [1.807, 2.05) is 6.92 Å². The number of carbonyl (C=O) groups is 1. The second kappa shape index (κ2) is 6.26. The molecule has 0 aliphatic rings. The molecule has 0 spiro atoms. The molecule has 0 aliphatic carbocycles. The Balaban J connectivity index is 3.53. The van der Waals surface area contributed by atoms with Crippen molar-refractivity contribution in [3.05, 3.63) is 0 Å². The number of nitrogens with one attached hydrogen (secondary N) is 1. The molecule has 0 rings (SSSR count). The fourth-order valence-corrected chi connectivity index (χ4v) is 1.79. The molecule has 1 amide bonds. The molecule has 0 aromatic heterocycles. The number of carbonyl (C=O) groups excluding carboxylic acids is 1. The summed E-state index contributed by atoms with van der Waals surface area (Å²) in [5.41, 5.74) is 0. The SMILES string of the molecule is CCCCCC(=O)N[35S]S(C)(=O)=O. The van der Waals surface area contributed by atoms with Gasteiger partial charge >= 0.3 is 0 Å². The van der Waals surface area contributed by atoms with Gasteiger partial charge in [-0.3, -0.25) is 9.52 Å². The van der Waals surface area contributed by atoms with E-state index in [9.17, 15) is 13.2 Å². The summed E-state index contributed by atoms with van der Waals surface area (Å²) < 4.78 is 23.5. The van der Waals surface area contributed by atoms with Crippen LogP contribution in [0.15, 0.2) is 0 Å². The molecule has 0 saturated heterocycles. The summed E-state index contributed by atoms with van der Waals surface area (Å²) in [7, 11) is -2.69. The van der Waals surface area contributed by atoms with E-state index in [4.69, 9.17) is 0 Å². The largest absolute Gasteiger partial charge is 0.287 e. The minimum absolute atomic E-state index is 0.219. The smallest absolute Gasteiger partial charge is 0.230 e. The summed E-state index contributed by atoms with van der Waals surface area (Å²) in [5, 5.41) is 0. The third-order valence-corrected chi connectivity index (χ3v) is 3.09. The summed E-state index contributed by atoms with van der Waals surface area (Å²) >= 11 is 0. The van der Waals surface area contributed by atoms with Crippen molar-refractivity contribution in [3.8, 4) is 0 Å². The highest BCUT2D eigenvalue weighted by Crippen LogP contribution is 2.05. The van der Waals surface area contributed by atoms with Crippen molar-refractivity contribution < 1.29 is 13.2 Å². The van der Waals surface area contributed by atoms with E-state index in [0.29, 0.717) is 17.4 Å². The quantitative estimate of drug-likeness (QED) is 0.422. The topological polar surface area (TPSA) is 63.2 Å². The van der Waals surface area contributed by atoms with Gasteiger partial charge in [-0.25, -0.2) is 8.42 Å². The Bertz CT molecular complexity index is 248. The molecule has 0 saturated carbocycles. The second-order valence-corrected chi connectivity index (χ2v) is 6.87. The van der Waals surface area contributed by atoms with E-state index < -0.39 is 8.87 Å². The van der Waals surface area contributed by atoms with Crippen LogP contribution >= 0.6 is 11.0 Å². The highest BCUT2D eigenvalue weighted by Gasteiger charge is 2.06. The van der Waals surface area contributed by atoms with Gasteiger partial charge in [0.2, 0.25) is 14.8 Å². The van der Waals surface area contributed by atoms with Gasteiger partial charge in [0.05, 0.1) is 17.2 Å². The highest BCUT2D eigenvalue weighted by atomic mass is 35.3.